The van der Waals surface area contributed by atoms with E-state index < -0.39 is 0 Å². The van der Waals surface area contributed by atoms with E-state index in [1.54, 1.807) is 0 Å². The van der Waals surface area contributed by atoms with E-state index in [0.717, 1.165) is 5.75 Å². The van der Waals surface area contributed by atoms with Gasteiger partial charge in [-0.3, -0.25) is 0 Å². The van der Waals surface area contributed by atoms with Crippen LogP contribution in [-0.4, -0.2) is 29.7 Å². The molecule has 4 atom stereocenters. The highest BCUT2D eigenvalue weighted by atomic mass is 32.1. The van der Waals surface area contributed by atoms with Gasteiger partial charge in [0.1, 0.15) is 0 Å². The Kier molecular flexibility index (Phi) is 3.74. The zero-order valence-electron chi connectivity index (χ0n) is 8.56. The van der Waals surface area contributed by atoms with Crippen LogP contribution < -0.4 is 0 Å². The Bertz CT molecular complexity index is 186. The molecule has 2 aliphatic heterocycles. The number of thiol groups is 1. The van der Waals surface area contributed by atoms with E-state index in [1.165, 1.54) is 32.1 Å². The number of hydrogen-bond donors (Lipinski definition) is 2. The number of fused-ring (bicyclic) bond motifs is 2. The molecule has 3 heteroatoms. The van der Waals surface area contributed by atoms with Crippen molar-refractivity contribution in [2.24, 2.45) is 11.8 Å². The normalized spacial score (nSPS) is 40.7. The molecule has 14 heavy (non-hydrogen) atoms. The van der Waals surface area contributed by atoms with Crippen molar-refractivity contribution in [1.82, 2.24) is 0 Å². The molecule has 2 bridgehead atoms. The van der Waals surface area contributed by atoms with Crippen LogP contribution in [-0.2, 0) is 4.74 Å². The lowest BCUT2D eigenvalue weighted by Crippen LogP contribution is -2.29. The minimum atomic E-state index is 0.312. The summed E-state index contributed by atoms with van der Waals surface area (Å²) in [6.45, 7) is 0.312. The minimum absolute atomic E-state index is 0.312. The largest absolute Gasteiger partial charge is 0.396 e. The highest BCUT2D eigenvalue weighted by Gasteiger charge is 2.47. The lowest BCUT2D eigenvalue weighted by molar-refractivity contribution is 0.0785. The molecule has 0 aromatic heterocycles. The second-order valence-corrected chi connectivity index (χ2v) is 4.97. The van der Waals surface area contributed by atoms with Crippen LogP contribution >= 0.6 is 12.6 Å². The van der Waals surface area contributed by atoms with Crippen LogP contribution in [0.3, 0.4) is 0 Å². The molecule has 0 unspecified atom stereocenters. The third-order valence-corrected chi connectivity index (χ3v) is 4.06. The lowest BCUT2D eigenvalue weighted by atomic mass is 9.77. The van der Waals surface area contributed by atoms with E-state index in [2.05, 4.69) is 12.6 Å². The first kappa shape index (κ1) is 10.8. The first-order valence-corrected chi connectivity index (χ1v) is 6.37. The molecule has 2 fully saturated rings. The number of hydrogen-bond acceptors (Lipinski definition) is 3. The van der Waals surface area contributed by atoms with Crippen molar-refractivity contribution < 1.29 is 9.84 Å². The van der Waals surface area contributed by atoms with Gasteiger partial charge in [-0.15, -0.1) is 0 Å². The van der Waals surface area contributed by atoms with Crippen molar-refractivity contribution in [1.29, 1.82) is 0 Å². The number of rotatable bonds is 5. The monoisotopic (exact) mass is 216 g/mol. The van der Waals surface area contributed by atoms with E-state index in [0.29, 0.717) is 30.7 Å². The summed E-state index contributed by atoms with van der Waals surface area (Å²) in [5, 5.41) is 9.32. The fourth-order valence-corrected chi connectivity index (χ4v) is 3.24. The van der Waals surface area contributed by atoms with E-state index in [4.69, 9.17) is 4.74 Å². The minimum Gasteiger partial charge on any atom is -0.396 e. The molecule has 0 aromatic carbocycles. The van der Waals surface area contributed by atoms with Crippen molar-refractivity contribution >= 4 is 12.6 Å². The first-order chi connectivity index (χ1) is 6.86. The average molecular weight is 216 g/mol. The molecule has 82 valence electrons. The maximum Gasteiger partial charge on any atom is 0.0633 e. The maximum absolute atomic E-state index is 9.32. The summed E-state index contributed by atoms with van der Waals surface area (Å²) >= 11 is 4.22. The summed E-state index contributed by atoms with van der Waals surface area (Å²) in [7, 11) is 0. The van der Waals surface area contributed by atoms with Crippen LogP contribution in [0.1, 0.15) is 32.1 Å². The number of unbranched alkanes of at least 4 members (excludes halogenated alkanes) is 1. The second-order valence-electron chi connectivity index (χ2n) is 4.52. The van der Waals surface area contributed by atoms with E-state index >= 15 is 0 Å². The Morgan fingerprint density at radius 1 is 1.14 bits per heavy atom. The summed E-state index contributed by atoms with van der Waals surface area (Å²) < 4.78 is 5.84. The summed E-state index contributed by atoms with van der Waals surface area (Å²) in [4.78, 5) is 0. The lowest BCUT2D eigenvalue weighted by Gasteiger charge is -2.26. The molecule has 2 nitrogen and oxygen atoms in total. The van der Waals surface area contributed by atoms with E-state index in [-0.39, 0.29) is 0 Å². The van der Waals surface area contributed by atoms with Gasteiger partial charge in [0, 0.05) is 12.5 Å². The topological polar surface area (TPSA) is 29.5 Å². The number of aliphatic hydroxyl groups is 1. The summed E-state index contributed by atoms with van der Waals surface area (Å²) in [6.07, 6.45) is 6.84. The Morgan fingerprint density at radius 2 is 1.86 bits per heavy atom. The van der Waals surface area contributed by atoms with Crippen LogP contribution in [0.4, 0.5) is 0 Å². The fraction of sp³-hybridized carbons (Fsp3) is 1.00. The molecule has 2 saturated heterocycles. The zero-order chi connectivity index (χ0) is 9.97. The molecule has 2 heterocycles. The van der Waals surface area contributed by atoms with Gasteiger partial charge < -0.3 is 9.84 Å². The van der Waals surface area contributed by atoms with Gasteiger partial charge in [0.25, 0.3) is 0 Å². The molecule has 2 aliphatic rings. The van der Waals surface area contributed by atoms with Gasteiger partial charge in [-0.1, -0.05) is 6.42 Å². The van der Waals surface area contributed by atoms with Crippen LogP contribution in [0.2, 0.25) is 0 Å². The van der Waals surface area contributed by atoms with Crippen molar-refractivity contribution in [2.75, 3.05) is 12.4 Å². The van der Waals surface area contributed by atoms with E-state index in [1.807, 2.05) is 0 Å². The summed E-state index contributed by atoms with van der Waals surface area (Å²) in [5.74, 6) is 2.03. The fourth-order valence-electron chi connectivity index (χ4n) is 3.02. The van der Waals surface area contributed by atoms with Crippen molar-refractivity contribution in [3.63, 3.8) is 0 Å². The second kappa shape index (κ2) is 4.86. The van der Waals surface area contributed by atoms with Gasteiger partial charge in [-0.05, 0) is 37.4 Å². The SMILES string of the molecule is OC[C@@H]1[C@H](CCCCS)[C@@H]2CC[C@H]1O2. The van der Waals surface area contributed by atoms with Crippen LogP contribution in [0.25, 0.3) is 0 Å². The van der Waals surface area contributed by atoms with Gasteiger partial charge in [-0.25, -0.2) is 0 Å². The molecule has 0 saturated carbocycles. The van der Waals surface area contributed by atoms with Crippen LogP contribution in [0.5, 0.6) is 0 Å². The number of ether oxygens (including phenoxy) is 1. The van der Waals surface area contributed by atoms with Gasteiger partial charge in [0.2, 0.25) is 0 Å². The highest BCUT2D eigenvalue weighted by molar-refractivity contribution is 7.80. The molecular weight excluding hydrogens is 196 g/mol. The Hall–Kier alpha value is 0.270. The molecular formula is C11H20O2S. The van der Waals surface area contributed by atoms with Gasteiger partial charge in [0.15, 0.2) is 0 Å². The first-order valence-electron chi connectivity index (χ1n) is 5.74. The Balaban J connectivity index is 1.84. The number of aliphatic hydroxyl groups excluding tert-OH is 1. The predicted molar refractivity (Wildman–Crippen MR) is 59.7 cm³/mol. The smallest absolute Gasteiger partial charge is 0.0633 e. The maximum atomic E-state index is 9.32. The molecule has 1 N–H and O–H groups in total. The zero-order valence-corrected chi connectivity index (χ0v) is 9.46. The summed E-state index contributed by atoms with van der Waals surface area (Å²) in [6, 6.07) is 0. The Morgan fingerprint density at radius 3 is 2.50 bits per heavy atom. The summed E-state index contributed by atoms with van der Waals surface area (Å²) in [5.41, 5.74) is 0. The van der Waals surface area contributed by atoms with Crippen molar-refractivity contribution in [3.8, 4) is 0 Å². The third kappa shape index (κ3) is 1.95. The molecule has 2 rings (SSSR count). The Labute approximate surface area is 91.4 Å². The van der Waals surface area contributed by atoms with E-state index in [9.17, 15) is 5.11 Å². The quantitative estimate of drug-likeness (QED) is 0.543. The molecule has 0 spiro atoms. The molecule has 0 aromatic rings. The highest BCUT2D eigenvalue weighted by Crippen LogP contribution is 2.45. The molecule has 0 aliphatic carbocycles. The average Bonchev–Trinajstić information content (AvgIpc) is 2.78. The van der Waals surface area contributed by atoms with Gasteiger partial charge in [-0.2, -0.15) is 12.6 Å². The van der Waals surface area contributed by atoms with Crippen molar-refractivity contribution in [2.45, 2.75) is 44.3 Å². The predicted octanol–water partition coefficient (Wildman–Crippen LogP) is 1.87. The molecule has 0 radical (unpaired) electrons. The van der Waals surface area contributed by atoms with Crippen LogP contribution in [0.15, 0.2) is 0 Å². The van der Waals surface area contributed by atoms with Gasteiger partial charge in [0.05, 0.1) is 12.2 Å². The van der Waals surface area contributed by atoms with Crippen LogP contribution in [0, 0.1) is 11.8 Å². The molecule has 0 amide bonds. The standard InChI is InChI=1S/C11H20O2S/c12-7-9-8(3-1-2-6-14)10-4-5-11(9)13-10/h8-12,14H,1-7H2/t8-,9+,10-,11+/m0/s1. The van der Waals surface area contributed by atoms with Crippen molar-refractivity contribution in [3.05, 3.63) is 0 Å². The third-order valence-electron chi connectivity index (χ3n) is 3.75. The van der Waals surface area contributed by atoms with Gasteiger partial charge >= 0.3 is 0 Å².